The van der Waals surface area contributed by atoms with E-state index in [9.17, 15) is 15.0 Å². The van der Waals surface area contributed by atoms with E-state index in [0.29, 0.717) is 36.1 Å². The highest BCUT2D eigenvalue weighted by molar-refractivity contribution is 5.86. The van der Waals surface area contributed by atoms with Crippen molar-refractivity contribution in [2.24, 2.45) is 5.41 Å². The van der Waals surface area contributed by atoms with Crippen molar-refractivity contribution in [1.82, 2.24) is 0 Å². The van der Waals surface area contributed by atoms with E-state index in [1.54, 1.807) is 13.0 Å². The maximum absolute atomic E-state index is 15.3. The standard InChI is InChI=1S/C35H43FO5/c1-5-29-21-28(17-18-35(6-2,23-37)24-38)11-15-31(29)32-16-12-27(22-33(32)36)8-7-26-9-13-30(14-10-26)40-19-20-41-34(39)25(3)4/h9-16,21-22,37-38H,3,5-8,17-20,23-24H2,1-2,4H3. The summed E-state index contributed by atoms with van der Waals surface area (Å²) in [5.74, 6) is 0.0382. The van der Waals surface area contributed by atoms with Crippen LogP contribution in [0.4, 0.5) is 4.39 Å². The Kier molecular flexibility index (Phi) is 12.1. The van der Waals surface area contributed by atoms with Gasteiger partial charge in [0.1, 0.15) is 24.8 Å². The van der Waals surface area contributed by atoms with Crippen LogP contribution < -0.4 is 4.74 Å². The molecule has 3 rings (SSSR count). The maximum Gasteiger partial charge on any atom is 0.333 e. The van der Waals surface area contributed by atoms with Crippen LogP contribution in [-0.2, 0) is 35.2 Å². The van der Waals surface area contributed by atoms with E-state index in [2.05, 4.69) is 19.6 Å². The first-order valence-electron chi connectivity index (χ1n) is 14.4. The summed E-state index contributed by atoms with van der Waals surface area (Å²) in [6, 6.07) is 19.4. The first-order valence-corrected chi connectivity index (χ1v) is 14.4. The van der Waals surface area contributed by atoms with Gasteiger partial charge in [-0.05, 0) is 91.5 Å². The average Bonchev–Trinajstić information content (AvgIpc) is 2.99. The summed E-state index contributed by atoms with van der Waals surface area (Å²) in [6.07, 6.45) is 4.43. The first-order chi connectivity index (χ1) is 19.7. The van der Waals surface area contributed by atoms with E-state index < -0.39 is 11.4 Å². The van der Waals surface area contributed by atoms with Crippen molar-refractivity contribution in [3.63, 3.8) is 0 Å². The first kappa shape index (κ1) is 32.0. The second kappa shape index (κ2) is 15.5. The molecule has 0 atom stereocenters. The Hall–Kier alpha value is -3.48. The molecule has 0 aliphatic carbocycles. The molecule has 6 heteroatoms. The maximum atomic E-state index is 15.3. The Labute approximate surface area is 243 Å². The van der Waals surface area contributed by atoms with Gasteiger partial charge in [-0.3, -0.25) is 0 Å². The number of aliphatic hydroxyl groups excluding tert-OH is 2. The predicted octanol–water partition coefficient (Wildman–Crippen LogP) is 6.65. The largest absolute Gasteiger partial charge is 0.490 e. The van der Waals surface area contributed by atoms with Crippen molar-refractivity contribution < 1.29 is 28.9 Å². The number of benzene rings is 3. The second-order valence-corrected chi connectivity index (χ2v) is 10.7. The SMILES string of the molecule is C=C(C)C(=O)OCCOc1ccc(CCc2ccc(-c3ccc(CCC(CC)(CO)CO)cc3CC)c(F)c2)cc1. The van der Waals surface area contributed by atoms with Crippen molar-refractivity contribution in [3.8, 4) is 16.9 Å². The van der Waals surface area contributed by atoms with E-state index in [0.717, 1.165) is 47.1 Å². The lowest BCUT2D eigenvalue weighted by molar-refractivity contribution is -0.139. The van der Waals surface area contributed by atoms with Gasteiger partial charge in [0.05, 0.1) is 13.2 Å². The molecule has 3 aromatic rings. The Balaban J connectivity index is 1.58. The Morgan fingerprint density at radius 3 is 2.05 bits per heavy atom. The highest BCUT2D eigenvalue weighted by Gasteiger charge is 2.26. The fourth-order valence-electron chi connectivity index (χ4n) is 4.77. The van der Waals surface area contributed by atoms with Crippen LogP contribution in [0.2, 0.25) is 0 Å². The molecule has 2 N–H and O–H groups in total. The molecule has 0 heterocycles. The zero-order valence-electron chi connectivity index (χ0n) is 24.5. The number of rotatable bonds is 16. The number of halogens is 1. The summed E-state index contributed by atoms with van der Waals surface area (Å²) >= 11 is 0. The molecule has 0 spiro atoms. The second-order valence-electron chi connectivity index (χ2n) is 10.7. The quantitative estimate of drug-likeness (QED) is 0.116. The third-order valence-electron chi connectivity index (χ3n) is 7.80. The molecule has 0 bridgehead atoms. The summed E-state index contributed by atoms with van der Waals surface area (Å²) in [6.45, 7) is 9.56. The molecule has 0 saturated heterocycles. The van der Waals surface area contributed by atoms with E-state index in [4.69, 9.17) is 9.47 Å². The number of hydrogen-bond acceptors (Lipinski definition) is 5. The number of ether oxygens (including phenoxy) is 2. The van der Waals surface area contributed by atoms with Crippen LogP contribution >= 0.6 is 0 Å². The third-order valence-corrected chi connectivity index (χ3v) is 7.80. The molecule has 5 nitrogen and oxygen atoms in total. The monoisotopic (exact) mass is 562 g/mol. The zero-order chi connectivity index (χ0) is 29.8. The topological polar surface area (TPSA) is 76.0 Å². The van der Waals surface area contributed by atoms with E-state index in [-0.39, 0.29) is 32.2 Å². The molecule has 0 aliphatic heterocycles. The van der Waals surface area contributed by atoms with Gasteiger partial charge >= 0.3 is 5.97 Å². The van der Waals surface area contributed by atoms with Crippen LogP contribution in [-0.4, -0.2) is 42.6 Å². The number of aryl methyl sites for hydroxylation is 4. The fraction of sp³-hybridized carbons (Fsp3) is 0.400. The van der Waals surface area contributed by atoms with E-state index in [1.807, 2.05) is 55.5 Å². The van der Waals surface area contributed by atoms with Crippen LogP contribution in [0.3, 0.4) is 0 Å². The number of esters is 1. The van der Waals surface area contributed by atoms with Crippen molar-refractivity contribution in [1.29, 1.82) is 0 Å². The van der Waals surface area contributed by atoms with Gasteiger partial charge in [-0.15, -0.1) is 0 Å². The van der Waals surface area contributed by atoms with Crippen molar-refractivity contribution in [2.45, 2.75) is 59.3 Å². The lowest BCUT2D eigenvalue weighted by Gasteiger charge is -2.28. The lowest BCUT2D eigenvalue weighted by Crippen LogP contribution is -2.29. The van der Waals surface area contributed by atoms with Crippen LogP contribution in [0, 0.1) is 11.2 Å². The zero-order valence-corrected chi connectivity index (χ0v) is 24.5. The van der Waals surface area contributed by atoms with Crippen molar-refractivity contribution in [3.05, 3.63) is 101 Å². The van der Waals surface area contributed by atoms with Gasteiger partial charge in [-0.1, -0.05) is 62.9 Å². The molecule has 0 aromatic heterocycles. The summed E-state index contributed by atoms with van der Waals surface area (Å²) in [4.78, 5) is 11.4. The summed E-state index contributed by atoms with van der Waals surface area (Å²) in [5, 5.41) is 19.5. The van der Waals surface area contributed by atoms with Gasteiger partial charge in [-0.2, -0.15) is 0 Å². The van der Waals surface area contributed by atoms with Crippen molar-refractivity contribution in [2.75, 3.05) is 26.4 Å². The third kappa shape index (κ3) is 9.00. The van der Waals surface area contributed by atoms with Crippen LogP contribution in [0.15, 0.2) is 72.8 Å². The fourth-order valence-corrected chi connectivity index (χ4v) is 4.77. The minimum atomic E-state index is -0.467. The Morgan fingerprint density at radius 2 is 1.46 bits per heavy atom. The van der Waals surface area contributed by atoms with Gasteiger partial charge in [-0.25, -0.2) is 9.18 Å². The molecule has 0 unspecified atom stereocenters. The van der Waals surface area contributed by atoms with E-state index >= 15 is 4.39 Å². The lowest BCUT2D eigenvalue weighted by atomic mass is 9.81. The molecule has 41 heavy (non-hydrogen) atoms. The molecular weight excluding hydrogens is 519 g/mol. The highest BCUT2D eigenvalue weighted by atomic mass is 19.1. The van der Waals surface area contributed by atoms with Crippen LogP contribution in [0.1, 0.15) is 55.9 Å². The normalized spacial score (nSPS) is 11.4. The van der Waals surface area contributed by atoms with Gasteiger partial charge in [0, 0.05) is 16.6 Å². The molecule has 220 valence electrons. The van der Waals surface area contributed by atoms with Gasteiger partial charge in [0.25, 0.3) is 0 Å². The molecule has 0 saturated carbocycles. The van der Waals surface area contributed by atoms with E-state index in [1.165, 1.54) is 0 Å². The predicted molar refractivity (Wildman–Crippen MR) is 162 cm³/mol. The Morgan fingerprint density at radius 1 is 0.854 bits per heavy atom. The summed E-state index contributed by atoms with van der Waals surface area (Å²) in [5.41, 5.74) is 5.66. The number of carbonyl (C=O) groups excluding carboxylic acids is 1. The minimum absolute atomic E-state index is 0.0353. The van der Waals surface area contributed by atoms with Crippen LogP contribution in [0.25, 0.3) is 11.1 Å². The molecule has 0 amide bonds. The molecule has 0 aliphatic rings. The molecular formula is C35H43FO5. The van der Waals surface area contributed by atoms with Gasteiger partial charge < -0.3 is 19.7 Å². The Bertz CT molecular complexity index is 1290. The number of aliphatic hydroxyl groups is 2. The molecule has 0 fully saturated rings. The smallest absolute Gasteiger partial charge is 0.333 e. The summed E-state index contributed by atoms with van der Waals surface area (Å²) in [7, 11) is 0. The number of hydrogen-bond donors (Lipinski definition) is 2. The highest BCUT2D eigenvalue weighted by Crippen LogP contribution is 2.31. The summed E-state index contributed by atoms with van der Waals surface area (Å²) < 4.78 is 25.9. The van der Waals surface area contributed by atoms with Gasteiger partial charge in [0.2, 0.25) is 0 Å². The van der Waals surface area contributed by atoms with Gasteiger partial charge in [0.15, 0.2) is 0 Å². The average molecular weight is 563 g/mol. The molecule has 3 aromatic carbocycles. The minimum Gasteiger partial charge on any atom is -0.490 e. The van der Waals surface area contributed by atoms with Crippen LogP contribution in [0.5, 0.6) is 5.75 Å². The molecule has 0 radical (unpaired) electrons. The number of carbonyl (C=O) groups is 1. The van der Waals surface area contributed by atoms with Crippen molar-refractivity contribution >= 4 is 5.97 Å².